The molecule has 0 heterocycles. The van der Waals surface area contributed by atoms with Crippen LogP contribution in [-0.4, -0.2) is 28.1 Å². The van der Waals surface area contributed by atoms with Gasteiger partial charge in [-0.25, -0.2) is 4.72 Å². The van der Waals surface area contributed by atoms with E-state index in [9.17, 15) is 8.42 Å². The van der Waals surface area contributed by atoms with E-state index in [1.807, 2.05) is 0 Å². The molecular formula is C9H21N3O2S. The van der Waals surface area contributed by atoms with Crippen LogP contribution in [0.5, 0.6) is 0 Å². The SMILES string of the molecule is CNS(=O)(=O)NC(CN)C1CCCCC1. The van der Waals surface area contributed by atoms with Gasteiger partial charge in [0.1, 0.15) is 0 Å². The number of hydrogen-bond acceptors (Lipinski definition) is 3. The van der Waals surface area contributed by atoms with Crippen LogP contribution >= 0.6 is 0 Å². The summed E-state index contributed by atoms with van der Waals surface area (Å²) >= 11 is 0. The molecule has 1 unspecified atom stereocenters. The van der Waals surface area contributed by atoms with Gasteiger partial charge in [0.25, 0.3) is 10.2 Å². The predicted octanol–water partition coefficient (Wildman–Crippen LogP) is -0.0522. The van der Waals surface area contributed by atoms with E-state index in [1.54, 1.807) is 0 Å². The molecule has 0 spiro atoms. The van der Waals surface area contributed by atoms with Gasteiger partial charge in [-0.1, -0.05) is 19.3 Å². The molecule has 6 heteroatoms. The first kappa shape index (κ1) is 12.9. The summed E-state index contributed by atoms with van der Waals surface area (Å²) in [5.41, 5.74) is 5.61. The number of rotatable bonds is 5. The van der Waals surface area contributed by atoms with Crippen LogP contribution in [0.25, 0.3) is 0 Å². The molecular weight excluding hydrogens is 214 g/mol. The average molecular weight is 235 g/mol. The highest BCUT2D eigenvalue weighted by Gasteiger charge is 2.25. The first-order valence-electron chi connectivity index (χ1n) is 5.50. The molecule has 4 N–H and O–H groups in total. The highest BCUT2D eigenvalue weighted by atomic mass is 32.2. The van der Waals surface area contributed by atoms with E-state index in [2.05, 4.69) is 9.44 Å². The van der Waals surface area contributed by atoms with Gasteiger partial charge in [0.2, 0.25) is 0 Å². The van der Waals surface area contributed by atoms with Crippen LogP contribution < -0.4 is 15.2 Å². The lowest BCUT2D eigenvalue weighted by Crippen LogP contribution is -2.49. The first-order chi connectivity index (χ1) is 7.09. The van der Waals surface area contributed by atoms with Gasteiger partial charge in [-0.15, -0.1) is 0 Å². The average Bonchev–Trinajstić information content (AvgIpc) is 2.27. The van der Waals surface area contributed by atoms with Crippen molar-refractivity contribution in [1.82, 2.24) is 9.44 Å². The second-order valence-electron chi connectivity index (χ2n) is 4.07. The van der Waals surface area contributed by atoms with Crippen molar-refractivity contribution in [2.24, 2.45) is 11.7 Å². The maximum absolute atomic E-state index is 11.3. The van der Waals surface area contributed by atoms with Crippen molar-refractivity contribution >= 4 is 10.2 Å². The highest BCUT2D eigenvalue weighted by Crippen LogP contribution is 2.26. The third-order valence-electron chi connectivity index (χ3n) is 3.05. The van der Waals surface area contributed by atoms with Crippen molar-refractivity contribution in [2.75, 3.05) is 13.6 Å². The molecule has 0 aromatic rings. The Morgan fingerprint density at radius 3 is 2.40 bits per heavy atom. The summed E-state index contributed by atoms with van der Waals surface area (Å²) in [5.74, 6) is 0.395. The Hall–Kier alpha value is -0.170. The Kier molecular flexibility index (Phi) is 4.98. The van der Waals surface area contributed by atoms with E-state index < -0.39 is 10.2 Å². The molecule has 90 valence electrons. The Morgan fingerprint density at radius 1 is 1.33 bits per heavy atom. The summed E-state index contributed by atoms with van der Waals surface area (Å²) in [6.07, 6.45) is 5.78. The van der Waals surface area contributed by atoms with Gasteiger partial charge in [0.15, 0.2) is 0 Å². The summed E-state index contributed by atoms with van der Waals surface area (Å²) in [6.45, 7) is 0.367. The van der Waals surface area contributed by atoms with Crippen LogP contribution in [0.15, 0.2) is 0 Å². The van der Waals surface area contributed by atoms with Crippen molar-refractivity contribution in [3.8, 4) is 0 Å². The molecule has 1 atom stereocenters. The molecule has 15 heavy (non-hydrogen) atoms. The van der Waals surface area contributed by atoms with Crippen molar-refractivity contribution < 1.29 is 8.42 Å². The molecule has 0 aliphatic heterocycles. The van der Waals surface area contributed by atoms with Crippen molar-refractivity contribution in [1.29, 1.82) is 0 Å². The minimum atomic E-state index is -3.36. The number of nitrogens with two attached hydrogens (primary N) is 1. The van der Waals surface area contributed by atoms with Crippen molar-refractivity contribution in [2.45, 2.75) is 38.1 Å². The van der Waals surface area contributed by atoms with E-state index in [4.69, 9.17) is 5.73 Å². The summed E-state index contributed by atoms with van der Waals surface area (Å²) in [4.78, 5) is 0. The summed E-state index contributed by atoms with van der Waals surface area (Å²) in [7, 11) is -1.96. The van der Waals surface area contributed by atoms with E-state index >= 15 is 0 Å². The van der Waals surface area contributed by atoms with Gasteiger partial charge in [0, 0.05) is 19.6 Å². The standard InChI is InChI=1S/C9H21N3O2S/c1-11-15(13,14)12-9(7-10)8-5-3-2-4-6-8/h8-9,11-12H,2-7,10H2,1H3. The second kappa shape index (κ2) is 5.79. The molecule has 1 aliphatic carbocycles. The minimum absolute atomic E-state index is 0.122. The van der Waals surface area contributed by atoms with Gasteiger partial charge in [-0.2, -0.15) is 13.1 Å². The van der Waals surface area contributed by atoms with Crippen molar-refractivity contribution in [3.63, 3.8) is 0 Å². The lowest BCUT2D eigenvalue weighted by Gasteiger charge is -2.29. The Morgan fingerprint density at radius 2 is 1.93 bits per heavy atom. The van der Waals surface area contributed by atoms with Crippen LogP contribution in [-0.2, 0) is 10.2 Å². The summed E-state index contributed by atoms with van der Waals surface area (Å²) < 4.78 is 27.5. The monoisotopic (exact) mass is 235 g/mol. The predicted molar refractivity (Wildman–Crippen MR) is 60.5 cm³/mol. The molecule has 0 bridgehead atoms. The molecule has 1 rings (SSSR count). The first-order valence-corrected chi connectivity index (χ1v) is 6.98. The molecule has 0 amide bonds. The van der Waals surface area contributed by atoms with Crippen molar-refractivity contribution in [3.05, 3.63) is 0 Å². The Balaban J connectivity index is 2.54. The molecule has 0 aromatic carbocycles. The molecule has 1 saturated carbocycles. The Labute approximate surface area is 92.0 Å². The van der Waals surface area contributed by atoms with E-state index in [0.717, 1.165) is 12.8 Å². The van der Waals surface area contributed by atoms with Crippen LogP contribution in [0.1, 0.15) is 32.1 Å². The smallest absolute Gasteiger partial charge is 0.276 e. The quantitative estimate of drug-likeness (QED) is 0.624. The lowest BCUT2D eigenvalue weighted by atomic mass is 9.84. The van der Waals surface area contributed by atoms with E-state index in [-0.39, 0.29) is 6.04 Å². The van der Waals surface area contributed by atoms with Crippen LogP contribution in [0.2, 0.25) is 0 Å². The largest absolute Gasteiger partial charge is 0.329 e. The zero-order valence-electron chi connectivity index (χ0n) is 9.20. The fourth-order valence-corrected chi connectivity index (χ4v) is 2.94. The maximum Gasteiger partial charge on any atom is 0.276 e. The molecule has 1 aliphatic rings. The maximum atomic E-state index is 11.3. The van der Waals surface area contributed by atoms with E-state index in [0.29, 0.717) is 12.5 Å². The summed E-state index contributed by atoms with van der Waals surface area (Å²) in [5, 5.41) is 0. The van der Waals surface area contributed by atoms with Gasteiger partial charge in [-0.3, -0.25) is 0 Å². The third-order valence-corrected chi connectivity index (χ3v) is 4.20. The normalized spacial score (nSPS) is 21.5. The summed E-state index contributed by atoms with van der Waals surface area (Å²) in [6, 6.07) is -0.122. The second-order valence-corrected chi connectivity index (χ2v) is 5.72. The fourth-order valence-electron chi connectivity index (χ4n) is 2.13. The van der Waals surface area contributed by atoms with Gasteiger partial charge >= 0.3 is 0 Å². The fraction of sp³-hybridized carbons (Fsp3) is 1.00. The van der Waals surface area contributed by atoms with Gasteiger partial charge in [0.05, 0.1) is 0 Å². The van der Waals surface area contributed by atoms with Crippen LogP contribution in [0, 0.1) is 5.92 Å². The zero-order chi connectivity index (χ0) is 11.3. The highest BCUT2D eigenvalue weighted by molar-refractivity contribution is 7.87. The Bertz CT molecular complexity index is 273. The molecule has 5 nitrogen and oxygen atoms in total. The lowest BCUT2D eigenvalue weighted by molar-refractivity contribution is 0.293. The third kappa shape index (κ3) is 4.06. The van der Waals surface area contributed by atoms with Crippen LogP contribution in [0.3, 0.4) is 0 Å². The van der Waals surface area contributed by atoms with Gasteiger partial charge < -0.3 is 5.73 Å². The van der Waals surface area contributed by atoms with Gasteiger partial charge in [-0.05, 0) is 18.8 Å². The van der Waals surface area contributed by atoms with Crippen LogP contribution in [0.4, 0.5) is 0 Å². The molecule has 0 saturated heterocycles. The molecule has 0 aromatic heterocycles. The number of hydrogen-bond donors (Lipinski definition) is 3. The van der Waals surface area contributed by atoms with E-state index in [1.165, 1.54) is 26.3 Å². The minimum Gasteiger partial charge on any atom is -0.329 e. The number of nitrogens with one attached hydrogen (secondary N) is 2. The topological polar surface area (TPSA) is 84.2 Å². The molecule has 1 fully saturated rings. The zero-order valence-corrected chi connectivity index (χ0v) is 10.0. The molecule has 0 radical (unpaired) electrons.